The molecule has 0 unspecified atom stereocenters. The number of amides is 1. The number of benzene rings is 1. The van der Waals surface area contributed by atoms with E-state index < -0.39 is 23.9 Å². The number of carbonyl (C=O) groups excluding carboxylic acids is 3. The summed E-state index contributed by atoms with van der Waals surface area (Å²) in [5.41, 5.74) is 0.237. The summed E-state index contributed by atoms with van der Waals surface area (Å²) in [6.45, 7) is 2.23. The van der Waals surface area contributed by atoms with E-state index in [1.807, 2.05) is 0 Å². The fraction of sp³-hybridized carbons (Fsp3) is 0.630. The van der Waals surface area contributed by atoms with Gasteiger partial charge in [0.05, 0.1) is 5.56 Å². The van der Waals surface area contributed by atoms with Crippen LogP contribution in [-0.2, 0) is 19.1 Å². The van der Waals surface area contributed by atoms with Crippen molar-refractivity contribution >= 4 is 23.8 Å². The van der Waals surface area contributed by atoms with Crippen LogP contribution in [0.1, 0.15) is 114 Å². The highest BCUT2D eigenvalue weighted by Gasteiger charge is 2.22. The van der Waals surface area contributed by atoms with Crippen molar-refractivity contribution in [2.45, 2.75) is 109 Å². The summed E-state index contributed by atoms with van der Waals surface area (Å²) in [6, 6.07) is 6.87. The van der Waals surface area contributed by atoms with E-state index in [9.17, 15) is 24.3 Å². The lowest BCUT2D eigenvalue weighted by molar-refractivity contribution is -0.143. The van der Waals surface area contributed by atoms with Crippen molar-refractivity contribution in [3.8, 4) is 0 Å². The Morgan fingerprint density at radius 1 is 0.794 bits per heavy atom. The molecule has 190 valence electrons. The van der Waals surface area contributed by atoms with Gasteiger partial charge in [-0.2, -0.15) is 0 Å². The number of carboxylic acids is 1. The monoisotopic (exact) mass is 475 g/mol. The second-order valence-electron chi connectivity index (χ2n) is 8.76. The van der Waals surface area contributed by atoms with Crippen LogP contribution >= 0.6 is 0 Å². The number of rotatable bonds is 19. The molecule has 0 aliphatic heterocycles. The predicted octanol–water partition coefficient (Wildman–Crippen LogP) is 5.81. The van der Waals surface area contributed by atoms with Gasteiger partial charge in [0.25, 0.3) is 0 Å². The summed E-state index contributed by atoms with van der Waals surface area (Å²) in [6.07, 6.45) is 14.2. The molecule has 7 heteroatoms. The topological polar surface area (TPSA) is 110 Å². The predicted molar refractivity (Wildman–Crippen MR) is 131 cm³/mol. The van der Waals surface area contributed by atoms with Crippen LogP contribution in [-0.4, -0.2) is 35.0 Å². The van der Waals surface area contributed by atoms with Gasteiger partial charge in [0, 0.05) is 12.8 Å². The first kappa shape index (κ1) is 29.3. The number of hydrogen-bond donors (Lipinski definition) is 2. The maximum Gasteiger partial charge on any atom is 0.345 e. The second-order valence-corrected chi connectivity index (χ2v) is 8.76. The van der Waals surface area contributed by atoms with Gasteiger partial charge in [0.2, 0.25) is 5.91 Å². The van der Waals surface area contributed by atoms with E-state index in [4.69, 9.17) is 4.74 Å². The molecule has 0 aromatic heterocycles. The van der Waals surface area contributed by atoms with Gasteiger partial charge in [0.15, 0.2) is 0 Å². The van der Waals surface area contributed by atoms with Crippen LogP contribution < -0.4 is 5.32 Å². The van der Waals surface area contributed by atoms with Crippen molar-refractivity contribution in [1.82, 2.24) is 5.32 Å². The third-order valence-corrected chi connectivity index (χ3v) is 5.74. The summed E-state index contributed by atoms with van der Waals surface area (Å²) >= 11 is 0. The molecule has 0 spiro atoms. The molecule has 0 heterocycles. The van der Waals surface area contributed by atoms with Crippen LogP contribution in [0.3, 0.4) is 0 Å². The summed E-state index contributed by atoms with van der Waals surface area (Å²) in [5, 5.41) is 11.8. The van der Waals surface area contributed by atoms with E-state index in [-0.39, 0.29) is 30.7 Å². The van der Waals surface area contributed by atoms with Crippen LogP contribution in [0.15, 0.2) is 30.3 Å². The molecule has 1 aromatic rings. The van der Waals surface area contributed by atoms with Gasteiger partial charge in [-0.05, 0) is 25.0 Å². The molecule has 1 atom stereocenters. The van der Waals surface area contributed by atoms with Crippen LogP contribution in [0.2, 0.25) is 0 Å². The molecule has 2 N–H and O–H groups in total. The van der Waals surface area contributed by atoms with E-state index in [0.717, 1.165) is 19.3 Å². The van der Waals surface area contributed by atoms with E-state index in [2.05, 4.69) is 12.2 Å². The summed E-state index contributed by atoms with van der Waals surface area (Å²) in [7, 11) is 0. The smallest absolute Gasteiger partial charge is 0.345 e. The van der Waals surface area contributed by atoms with Crippen LogP contribution in [0.5, 0.6) is 0 Å². The van der Waals surface area contributed by atoms with Crippen molar-refractivity contribution in [1.29, 1.82) is 0 Å². The largest absolute Gasteiger partial charge is 0.480 e. The number of unbranched alkanes of at least 4 members (excludes halogenated alkanes) is 11. The molecule has 1 aromatic carbocycles. The Balaban J connectivity index is 2.13. The van der Waals surface area contributed by atoms with E-state index in [0.29, 0.717) is 6.42 Å². The summed E-state index contributed by atoms with van der Waals surface area (Å²) in [5.74, 6) is -3.16. The normalized spacial score (nSPS) is 11.6. The molecule has 0 saturated carbocycles. The third kappa shape index (κ3) is 14.4. The quantitative estimate of drug-likeness (QED) is 0.148. The number of ether oxygens (including phenoxy) is 1. The van der Waals surface area contributed by atoms with Crippen molar-refractivity contribution in [3.63, 3.8) is 0 Å². The molecule has 0 aliphatic rings. The first-order chi connectivity index (χ1) is 16.4. The molecule has 0 saturated heterocycles. The molecule has 0 radical (unpaired) electrons. The van der Waals surface area contributed by atoms with Crippen molar-refractivity contribution in [2.75, 3.05) is 0 Å². The Kier molecular flexibility index (Phi) is 16.1. The standard InChI is InChI=1S/C27H41NO6/c1-2-3-4-5-6-7-8-9-10-11-12-16-19-24(29)28-23(26(31)32)20-21-25(30)34-27(33)22-17-14-13-15-18-22/h13-15,17-18,23H,2-12,16,19-21H2,1H3,(H,28,29)(H,31,32)/t23-/m0/s1. The maximum atomic E-state index is 12.1. The highest BCUT2D eigenvalue weighted by Crippen LogP contribution is 2.13. The Labute approximate surface area is 203 Å². The first-order valence-corrected chi connectivity index (χ1v) is 12.8. The molecule has 1 amide bonds. The van der Waals surface area contributed by atoms with Gasteiger partial charge in [-0.15, -0.1) is 0 Å². The van der Waals surface area contributed by atoms with Gasteiger partial charge in [-0.3, -0.25) is 9.59 Å². The van der Waals surface area contributed by atoms with Crippen molar-refractivity contribution in [3.05, 3.63) is 35.9 Å². The highest BCUT2D eigenvalue weighted by molar-refractivity contribution is 5.96. The van der Waals surface area contributed by atoms with Gasteiger partial charge in [0.1, 0.15) is 6.04 Å². The zero-order valence-corrected chi connectivity index (χ0v) is 20.6. The Morgan fingerprint density at radius 3 is 1.85 bits per heavy atom. The first-order valence-electron chi connectivity index (χ1n) is 12.8. The Bertz CT molecular complexity index is 734. The summed E-state index contributed by atoms with van der Waals surface area (Å²) < 4.78 is 4.74. The van der Waals surface area contributed by atoms with Gasteiger partial charge < -0.3 is 15.2 Å². The molecule has 34 heavy (non-hydrogen) atoms. The fourth-order valence-corrected chi connectivity index (χ4v) is 3.70. The fourth-order valence-electron chi connectivity index (χ4n) is 3.70. The minimum absolute atomic E-state index is 0.138. The maximum absolute atomic E-state index is 12.1. The average Bonchev–Trinajstić information content (AvgIpc) is 2.82. The second kappa shape index (κ2) is 18.7. The zero-order chi connectivity index (χ0) is 25.0. The highest BCUT2D eigenvalue weighted by atomic mass is 16.6. The third-order valence-electron chi connectivity index (χ3n) is 5.74. The molecule has 0 aliphatic carbocycles. The number of carboxylic acid groups (broad SMARTS) is 1. The van der Waals surface area contributed by atoms with Crippen LogP contribution in [0.4, 0.5) is 0 Å². The van der Waals surface area contributed by atoms with E-state index in [1.165, 1.54) is 63.5 Å². The number of aliphatic carboxylic acids is 1. The Morgan fingerprint density at radius 2 is 1.32 bits per heavy atom. The van der Waals surface area contributed by atoms with Crippen molar-refractivity contribution in [2.24, 2.45) is 0 Å². The molecule has 1 rings (SSSR count). The molecular formula is C27H41NO6. The van der Waals surface area contributed by atoms with E-state index in [1.54, 1.807) is 18.2 Å². The SMILES string of the molecule is CCCCCCCCCCCCCCC(=O)N[C@@H](CCC(=O)OC(=O)c1ccccc1)C(=O)O. The Hall–Kier alpha value is -2.70. The molecule has 0 fully saturated rings. The average molecular weight is 476 g/mol. The molecular weight excluding hydrogens is 434 g/mol. The minimum atomic E-state index is -1.22. The lowest BCUT2D eigenvalue weighted by Gasteiger charge is -2.14. The summed E-state index contributed by atoms with van der Waals surface area (Å²) in [4.78, 5) is 47.3. The van der Waals surface area contributed by atoms with Gasteiger partial charge >= 0.3 is 17.9 Å². The number of hydrogen-bond acceptors (Lipinski definition) is 5. The lowest BCUT2D eigenvalue weighted by Crippen LogP contribution is -2.41. The molecule has 0 bridgehead atoms. The van der Waals surface area contributed by atoms with Crippen molar-refractivity contribution < 1.29 is 29.0 Å². The minimum Gasteiger partial charge on any atom is -0.480 e. The van der Waals surface area contributed by atoms with Crippen LogP contribution in [0, 0.1) is 0 Å². The lowest BCUT2D eigenvalue weighted by atomic mass is 10.0. The number of nitrogens with one attached hydrogen (secondary N) is 1. The number of carbonyl (C=O) groups is 4. The van der Waals surface area contributed by atoms with E-state index >= 15 is 0 Å². The molecule has 7 nitrogen and oxygen atoms in total. The van der Waals surface area contributed by atoms with Crippen LogP contribution in [0.25, 0.3) is 0 Å². The van der Waals surface area contributed by atoms with Gasteiger partial charge in [-0.1, -0.05) is 95.8 Å². The number of esters is 2. The van der Waals surface area contributed by atoms with Gasteiger partial charge in [-0.25, -0.2) is 9.59 Å². The zero-order valence-electron chi connectivity index (χ0n) is 20.6.